The first kappa shape index (κ1) is 23.5. The molecule has 0 saturated carbocycles. The third kappa shape index (κ3) is 4.81. The molecule has 1 amide bonds. The van der Waals surface area contributed by atoms with Crippen molar-refractivity contribution in [1.82, 2.24) is 29.5 Å². The van der Waals surface area contributed by atoms with E-state index in [2.05, 4.69) is 32.6 Å². The molecule has 2 aliphatic heterocycles. The van der Waals surface area contributed by atoms with Crippen LogP contribution in [-0.4, -0.2) is 68.8 Å². The van der Waals surface area contributed by atoms with Gasteiger partial charge in [0.15, 0.2) is 5.82 Å². The molecule has 1 unspecified atom stereocenters. The molecule has 2 fully saturated rings. The smallest absolute Gasteiger partial charge is 0.344 e. The average Bonchev–Trinajstić information content (AvgIpc) is 3.61. The Morgan fingerprint density at radius 1 is 1.20 bits per heavy atom. The number of carbonyl (C=O) groups is 1. The number of halogens is 1. The number of benzene rings is 1. The van der Waals surface area contributed by atoms with Gasteiger partial charge in [-0.1, -0.05) is 30.3 Å². The molecule has 5 rings (SSSR count). The van der Waals surface area contributed by atoms with Crippen molar-refractivity contribution in [3.63, 3.8) is 0 Å². The van der Waals surface area contributed by atoms with Crippen molar-refractivity contribution < 1.29 is 4.79 Å². The maximum Gasteiger partial charge on any atom is 0.344 e. The van der Waals surface area contributed by atoms with Gasteiger partial charge in [0.2, 0.25) is 0 Å². The van der Waals surface area contributed by atoms with Crippen molar-refractivity contribution in [2.45, 2.75) is 26.3 Å². The lowest BCUT2D eigenvalue weighted by molar-refractivity contribution is 0.196. The maximum atomic E-state index is 13.1. The zero-order valence-corrected chi connectivity index (χ0v) is 20.9. The van der Waals surface area contributed by atoms with Gasteiger partial charge in [0.25, 0.3) is 0 Å². The molecule has 2 aromatic heterocycles. The van der Waals surface area contributed by atoms with E-state index in [-0.39, 0.29) is 11.4 Å². The molecule has 2 aliphatic rings. The van der Waals surface area contributed by atoms with Crippen molar-refractivity contribution in [3.8, 4) is 11.4 Å². The zero-order valence-electron chi connectivity index (χ0n) is 20.2. The summed E-state index contributed by atoms with van der Waals surface area (Å²) in [4.78, 5) is 28.0. The van der Waals surface area contributed by atoms with Gasteiger partial charge in [-0.25, -0.2) is 14.8 Å². The van der Waals surface area contributed by atoms with Crippen LogP contribution in [-0.2, 0) is 6.54 Å². The fourth-order valence-corrected chi connectivity index (χ4v) is 5.29. The first-order valence-electron chi connectivity index (χ1n) is 11.8. The summed E-state index contributed by atoms with van der Waals surface area (Å²) in [5.74, 6) is 0.673. The van der Waals surface area contributed by atoms with Crippen LogP contribution in [0.4, 0.5) is 10.5 Å². The van der Waals surface area contributed by atoms with Crippen LogP contribution >= 0.6 is 11.6 Å². The quantitative estimate of drug-likeness (QED) is 0.522. The fraction of sp³-hybridized carbons (Fsp3) is 0.385. The topological polar surface area (TPSA) is 70.4 Å². The first-order valence-corrected chi connectivity index (χ1v) is 12.2. The molecule has 2 saturated heterocycles. The van der Waals surface area contributed by atoms with E-state index < -0.39 is 0 Å². The number of aromatic nitrogens is 4. The van der Waals surface area contributed by atoms with Crippen LogP contribution in [0.3, 0.4) is 0 Å². The van der Waals surface area contributed by atoms with Crippen LogP contribution in [0.5, 0.6) is 0 Å². The molecule has 182 valence electrons. The Labute approximate surface area is 210 Å². The Morgan fingerprint density at radius 2 is 1.97 bits per heavy atom. The number of carbonyl (C=O) groups excluding carboxylic acids is 1. The van der Waals surface area contributed by atoms with Gasteiger partial charge in [-0.05, 0) is 44.0 Å². The van der Waals surface area contributed by atoms with Gasteiger partial charge < -0.3 is 9.80 Å². The minimum atomic E-state index is -0.0662. The van der Waals surface area contributed by atoms with Crippen molar-refractivity contribution in [3.05, 3.63) is 71.9 Å². The Kier molecular flexibility index (Phi) is 6.34. The van der Waals surface area contributed by atoms with E-state index in [4.69, 9.17) is 11.6 Å². The van der Waals surface area contributed by atoms with Gasteiger partial charge in [0.1, 0.15) is 0 Å². The van der Waals surface area contributed by atoms with Gasteiger partial charge in [-0.3, -0.25) is 4.90 Å². The number of amides is 1. The summed E-state index contributed by atoms with van der Waals surface area (Å²) in [7, 11) is 1.92. The van der Waals surface area contributed by atoms with Gasteiger partial charge in [-0.2, -0.15) is 9.78 Å². The SMILES string of the molecule is C=C(C)N(C)c1cnn(C(=O)N2CCC3(CCN(Cc4ccc(-c5ncccn5)cc4Cl)C3)C2)c1. The van der Waals surface area contributed by atoms with E-state index in [1.54, 1.807) is 30.9 Å². The van der Waals surface area contributed by atoms with E-state index in [1.165, 1.54) is 4.68 Å². The Bertz CT molecular complexity index is 1240. The first-order chi connectivity index (χ1) is 16.8. The third-order valence-electron chi connectivity index (χ3n) is 7.22. The number of anilines is 1. The fourth-order valence-electron chi connectivity index (χ4n) is 5.05. The van der Waals surface area contributed by atoms with Crippen molar-refractivity contribution in [2.75, 3.05) is 38.1 Å². The molecule has 35 heavy (non-hydrogen) atoms. The summed E-state index contributed by atoms with van der Waals surface area (Å²) < 4.78 is 1.44. The number of hydrogen-bond donors (Lipinski definition) is 0. The molecule has 4 heterocycles. The van der Waals surface area contributed by atoms with E-state index in [9.17, 15) is 4.79 Å². The Balaban J connectivity index is 1.21. The summed E-state index contributed by atoms with van der Waals surface area (Å²) in [6, 6.07) is 7.78. The number of hydrogen-bond acceptors (Lipinski definition) is 6. The van der Waals surface area contributed by atoms with Crippen LogP contribution in [0.25, 0.3) is 11.4 Å². The van der Waals surface area contributed by atoms with Crippen LogP contribution in [0, 0.1) is 5.41 Å². The third-order valence-corrected chi connectivity index (χ3v) is 7.57. The second-order valence-electron chi connectivity index (χ2n) is 9.73. The average molecular weight is 492 g/mol. The molecule has 8 nitrogen and oxygen atoms in total. The second kappa shape index (κ2) is 9.43. The van der Waals surface area contributed by atoms with Crippen LogP contribution in [0.1, 0.15) is 25.3 Å². The minimum absolute atomic E-state index is 0.0662. The molecule has 0 radical (unpaired) electrons. The number of allylic oxidation sites excluding steroid dienone is 1. The lowest BCUT2D eigenvalue weighted by Crippen LogP contribution is -2.36. The normalized spacial score (nSPS) is 20.0. The number of nitrogens with zero attached hydrogens (tertiary/aromatic N) is 7. The molecular weight excluding hydrogens is 462 g/mol. The standard InChI is InChI=1S/C26H30ClN7O/c1-19(2)31(3)22-14-30-34(16-22)25(35)33-12-8-26(18-33)7-11-32(17-26)15-21-6-5-20(13-23(21)27)24-28-9-4-10-29-24/h4-6,9-10,13-14,16H,1,7-8,11-12,15,17-18H2,2-3H3. The highest BCUT2D eigenvalue weighted by molar-refractivity contribution is 6.31. The van der Waals surface area contributed by atoms with Crippen LogP contribution in [0.15, 0.2) is 61.3 Å². The molecular formula is C26H30ClN7O. The van der Waals surface area contributed by atoms with Gasteiger partial charge in [0.05, 0.1) is 18.1 Å². The van der Waals surface area contributed by atoms with Crippen molar-refractivity contribution in [2.24, 2.45) is 5.41 Å². The predicted octanol–water partition coefficient (Wildman–Crippen LogP) is 4.53. The highest BCUT2D eigenvalue weighted by Gasteiger charge is 2.45. The van der Waals surface area contributed by atoms with Crippen molar-refractivity contribution >= 4 is 23.3 Å². The molecule has 1 spiro atoms. The largest absolute Gasteiger partial charge is 0.347 e. The summed E-state index contributed by atoms with van der Waals surface area (Å²) >= 11 is 6.63. The highest BCUT2D eigenvalue weighted by Crippen LogP contribution is 2.40. The van der Waals surface area contributed by atoms with E-state index in [0.29, 0.717) is 5.82 Å². The molecule has 0 aliphatic carbocycles. The van der Waals surface area contributed by atoms with Crippen LogP contribution < -0.4 is 4.90 Å². The molecule has 0 bridgehead atoms. The monoisotopic (exact) mass is 491 g/mol. The summed E-state index contributed by atoms with van der Waals surface area (Å²) in [5.41, 5.74) is 3.89. The van der Waals surface area contributed by atoms with E-state index >= 15 is 0 Å². The van der Waals surface area contributed by atoms with Gasteiger partial charge in [-0.15, -0.1) is 0 Å². The molecule has 9 heteroatoms. The van der Waals surface area contributed by atoms with Crippen molar-refractivity contribution in [1.29, 1.82) is 0 Å². The second-order valence-corrected chi connectivity index (χ2v) is 10.1. The molecule has 1 aromatic carbocycles. The van der Waals surface area contributed by atoms with Gasteiger partial charge in [0, 0.05) is 67.3 Å². The lowest BCUT2D eigenvalue weighted by atomic mass is 9.86. The van der Waals surface area contributed by atoms with E-state index in [1.807, 2.05) is 35.9 Å². The van der Waals surface area contributed by atoms with Crippen LogP contribution in [0.2, 0.25) is 5.02 Å². The predicted molar refractivity (Wildman–Crippen MR) is 137 cm³/mol. The lowest BCUT2D eigenvalue weighted by Gasteiger charge is -2.25. The highest BCUT2D eigenvalue weighted by atomic mass is 35.5. The van der Waals surface area contributed by atoms with E-state index in [0.717, 1.165) is 73.1 Å². The summed E-state index contributed by atoms with van der Waals surface area (Å²) in [6.45, 7) is 10.1. The minimum Gasteiger partial charge on any atom is -0.347 e. The molecule has 1 atom stereocenters. The maximum absolute atomic E-state index is 13.1. The number of rotatable bonds is 5. The molecule has 3 aromatic rings. The Morgan fingerprint density at radius 3 is 2.71 bits per heavy atom. The van der Waals surface area contributed by atoms with Gasteiger partial charge >= 0.3 is 6.03 Å². The zero-order chi connectivity index (χ0) is 24.6. The Hall–Kier alpha value is -3.23. The summed E-state index contributed by atoms with van der Waals surface area (Å²) in [5, 5.41) is 5.03. The summed E-state index contributed by atoms with van der Waals surface area (Å²) in [6.07, 6.45) is 9.02. The molecule has 0 N–H and O–H groups in total. The number of likely N-dealkylation sites (tertiary alicyclic amines) is 2.